The SMILES string of the molecule is [2H]C([2H])([2H])ON=O. The Labute approximate surface area is 27.7 Å². The van der Waals surface area contributed by atoms with E-state index in [0.717, 1.165) is 0 Å². The lowest BCUT2D eigenvalue weighted by molar-refractivity contribution is 0.208. The molecule has 0 rings (SSSR count). The molecule has 0 fully saturated rings. The Morgan fingerprint density at radius 3 is 3.25 bits per heavy atom. The van der Waals surface area contributed by atoms with Gasteiger partial charge in [-0.1, -0.05) is 0 Å². The molecule has 0 atom stereocenters. The lowest BCUT2D eigenvalue weighted by atomic mass is 11.7. The average molecular weight is 64.1 g/mol. The molecule has 0 spiro atoms. The molecule has 0 saturated carbocycles. The molecule has 0 aliphatic carbocycles. The van der Waals surface area contributed by atoms with Crippen molar-refractivity contribution in [3.8, 4) is 0 Å². The molecule has 3 heteroatoms. The molecule has 0 aliphatic heterocycles. The third-order valence-corrected chi connectivity index (χ3v) is 0.0373. The molecule has 4 heavy (non-hydrogen) atoms. The van der Waals surface area contributed by atoms with Crippen molar-refractivity contribution in [3.63, 3.8) is 0 Å². The fourth-order valence-corrected chi connectivity index (χ4v) is 0. The summed E-state index contributed by atoms with van der Waals surface area (Å²) >= 11 is 0. The second-order valence-electron chi connectivity index (χ2n) is 0.166. The lowest BCUT2D eigenvalue weighted by Gasteiger charge is -1.63. The summed E-state index contributed by atoms with van der Waals surface area (Å²) in [4.78, 5) is 12.3. The first-order chi connectivity index (χ1) is 3.06. The van der Waals surface area contributed by atoms with Gasteiger partial charge in [0.1, 0.15) is 7.04 Å². The number of nitrogens with zero attached hydrogens (tertiary/aromatic N) is 1. The maximum Gasteiger partial charge on any atom is 0.154 e. The van der Waals surface area contributed by atoms with Crippen molar-refractivity contribution in [1.29, 1.82) is 0 Å². The molecule has 0 heterocycles. The van der Waals surface area contributed by atoms with Crippen LogP contribution in [-0.4, -0.2) is 7.04 Å². The van der Waals surface area contributed by atoms with Crippen LogP contribution in [0.2, 0.25) is 0 Å². The summed E-state index contributed by atoms with van der Waals surface area (Å²) in [7, 11) is -2.68. The van der Waals surface area contributed by atoms with Gasteiger partial charge in [-0.2, -0.15) is 0 Å². The number of hydrogen-bond acceptors (Lipinski definition) is 3. The van der Waals surface area contributed by atoms with Crippen LogP contribution in [0, 0.1) is 4.91 Å². The molecule has 0 radical (unpaired) electrons. The minimum absolute atomic E-state index is 1.69. The molecular formula is CH3NO2. The van der Waals surface area contributed by atoms with Gasteiger partial charge in [-0.15, -0.1) is 4.91 Å². The topological polar surface area (TPSA) is 38.7 Å². The standard InChI is InChI=1S/CH3NO2/c1-4-2-3/h1H3/i1D3. The summed E-state index contributed by atoms with van der Waals surface area (Å²) in [5.74, 6) is 0. The van der Waals surface area contributed by atoms with E-state index in [1.807, 2.05) is 0 Å². The van der Waals surface area contributed by atoms with Crippen LogP contribution in [0.25, 0.3) is 0 Å². The highest BCUT2D eigenvalue weighted by molar-refractivity contribution is 3.90. The van der Waals surface area contributed by atoms with Crippen LogP contribution >= 0.6 is 0 Å². The van der Waals surface area contributed by atoms with Gasteiger partial charge in [-0.3, -0.25) is 0 Å². The van der Waals surface area contributed by atoms with Gasteiger partial charge in [0.15, 0.2) is 5.34 Å². The smallest absolute Gasteiger partial charge is 0.154 e. The van der Waals surface area contributed by atoms with Crippen LogP contribution in [0.1, 0.15) is 4.11 Å². The highest BCUT2D eigenvalue weighted by atomic mass is 16.7. The Kier molecular flexibility index (Phi) is 0.403. The van der Waals surface area contributed by atoms with Crippen LogP contribution in [-0.2, 0) is 4.84 Å². The summed E-state index contributed by atoms with van der Waals surface area (Å²) in [5, 5.41) is 1.69. The molecule has 0 N–H and O–H groups in total. The van der Waals surface area contributed by atoms with Crippen LogP contribution in [0.5, 0.6) is 0 Å². The molecule has 0 aliphatic rings. The van der Waals surface area contributed by atoms with E-state index in [-0.39, 0.29) is 0 Å². The molecular weight excluding hydrogens is 58.0 g/mol. The van der Waals surface area contributed by atoms with Gasteiger partial charge in [0.05, 0.1) is 4.11 Å². The van der Waals surface area contributed by atoms with Gasteiger partial charge in [0.2, 0.25) is 0 Å². The fourth-order valence-electron chi connectivity index (χ4n) is 0. The van der Waals surface area contributed by atoms with Gasteiger partial charge in [0, 0.05) is 0 Å². The third kappa shape index (κ3) is 1.40. The Balaban J connectivity index is 3.34. The van der Waals surface area contributed by atoms with E-state index in [9.17, 15) is 0 Å². The van der Waals surface area contributed by atoms with E-state index in [1.54, 1.807) is 5.34 Å². The first kappa shape index (κ1) is 0.672. The maximum absolute atomic E-state index is 8.99. The summed E-state index contributed by atoms with van der Waals surface area (Å²) < 4.78 is 18.4. The molecule has 0 unspecified atom stereocenters. The van der Waals surface area contributed by atoms with E-state index in [4.69, 9.17) is 9.02 Å². The summed E-state index contributed by atoms with van der Waals surface area (Å²) in [5.41, 5.74) is 0. The second-order valence-corrected chi connectivity index (χ2v) is 0.166. The summed E-state index contributed by atoms with van der Waals surface area (Å²) in [6.45, 7) is 0. The van der Waals surface area contributed by atoms with Crippen molar-refractivity contribution in [2.75, 3.05) is 7.04 Å². The van der Waals surface area contributed by atoms with E-state index >= 15 is 0 Å². The predicted octanol–water partition coefficient (Wildman–Crippen LogP) is 0.314. The van der Waals surface area contributed by atoms with Crippen molar-refractivity contribution in [2.24, 2.45) is 5.34 Å². The van der Waals surface area contributed by atoms with Gasteiger partial charge in [-0.25, -0.2) is 0 Å². The van der Waals surface area contributed by atoms with Crippen molar-refractivity contribution in [2.45, 2.75) is 0 Å². The van der Waals surface area contributed by atoms with Gasteiger partial charge in [0.25, 0.3) is 0 Å². The van der Waals surface area contributed by atoms with E-state index in [1.165, 1.54) is 0 Å². The van der Waals surface area contributed by atoms with Crippen molar-refractivity contribution >= 4 is 0 Å². The number of rotatable bonds is 1. The van der Waals surface area contributed by atoms with Gasteiger partial charge >= 0.3 is 0 Å². The average Bonchev–Trinajstić information content (AvgIpc) is 1.30. The number of hydrogen-bond donors (Lipinski definition) is 0. The zero-order chi connectivity index (χ0) is 5.91. The molecule has 0 saturated heterocycles. The highest BCUT2D eigenvalue weighted by Crippen LogP contribution is 1.52. The monoisotopic (exact) mass is 64.0 g/mol. The van der Waals surface area contributed by atoms with Crippen LogP contribution < -0.4 is 0 Å². The highest BCUT2D eigenvalue weighted by Gasteiger charge is 1.44. The minimum atomic E-state index is -2.68. The summed E-state index contributed by atoms with van der Waals surface area (Å²) in [6, 6.07) is 0. The molecule has 0 amide bonds. The Hall–Kier alpha value is -0.600. The fraction of sp³-hybridized carbons (Fsp3) is 1.00. The molecule has 3 nitrogen and oxygen atoms in total. The zero-order valence-corrected chi connectivity index (χ0v) is 1.76. The molecule has 0 aromatic rings. The lowest BCUT2D eigenvalue weighted by Crippen LogP contribution is -1.53. The molecule has 0 aromatic carbocycles. The minimum Gasteiger partial charge on any atom is -0.367 e. The van der Waals surface area contributed by atoms with E-state index < -0.39 is 7.04 Å². The zero-order valence-electron chi connectivity index (χ0n) is 4.76. The quantitative estimate of drug-likeness (QED) is 0.325. The normalized spacial score (nSPS) is 19.5. The van der Waals surface area contributed by atoms with E-state index in [2.05, 4.69) is 4.84 Å². The second kappa shape index (κ2) is 2.40. The van der Waals surface area contributed by atoms with Crippen LogP contribution in [0.15, 0.2) is 5.34 Å². The Morgan fingerprint density at radius 2 is 3.25 bits per heavy atom. The van der Waals surface area contributed by atoms with Crippen LogP contribution in [0.3, 0.4) is 0 Å². The Morgan fingerprint density at radius 1 is 2.50 bits per heavy atom. The third-order valence-electron chi connectivity index (χ3n) is 0.0373. The Bertz CT molecular complexity index is 67.8. The molecule has 0 aromatic heterocycles. The molecule has 24 valence electrons. The first-order valence-electron chi connectivity index (χ1n) is 2.07. The van der Waals surface area contributed by atoms with E-state index in [0.29, 0.717) is 0 Å². The van der Waals surface area contributed by atoms with Crippen molar-refractivity contribution in [1.82, 2.24) is 0 Å². The summed E-state index contributed by atoms with van der Waals surface area (Å²) in [6.07, 6.45) is 0. The maximum atomic E-state index is 8.99. The first-order valence-corrected chi connectivity index (χ1v) is 0.569. The predicted molar refractivity (Wildman–Crippen MR) is 12.8 cm³/mol. The van der Waals surface area contributed by atoms with Crippen molar-refractivity contribution < 1.29 is 8.95 Å². The van der Waals surface area contributed by atoms with Gasteiger partial charge < -0.3 is 4.84 Å². The van der Waals surface area contributed by atoms with Gasteiger partial charge in [-0.05, 0) is 0 Å². The largest absolute Gasteiger partial charge is 0.367 e. The molecule has 0 bridgehead atoms. The van der Waals surface area contributed by atoms with Crippen molar-refractivity contribution in [3.05, 3.63) is 4.91 Å². The van der Waals surface area contributed by atoms with Crippen LogP contribution in [0.4, 0.5) is 0 Å².